The smallest absolute Gasteiger partial charge is 0.326 e. The van der Waals surface area contributed by atoms with E-state index in [-0.39, 0.29) is 22.9 Å². The zero-order valence-electron chi connectivity index (χ0n) is 16.3. The molecule has 2 rings (SSSR count). The predicted molar refractivity (Wildman–Crippen MR) is 107 cm³/mol. The Morgan fingerprint density at radius 1 is 1.10 bits per heavy atom. The van der Waals surface area contributed by atoms with Crippen molar-refractivity contribution in [2.24, 2.45) is 0 Å². The Hall–Kier alpha value is -3.14. The summed E-state index contributed by atoms with van der Waals surface area (Å²) in [6, 6.07) is 9.53. The molecule has 10 heteroatoms. The lowest BCUT2D eigenvalue weighted by Crippen LogP contribution is -2.37. The molecule has 0 amide bonds. The minimum atomic E-state index is -4.21. The second-order valence-electron chi connectivity index (χ2n) is 5.95. The van der Waals surface area contributed by atoms with Crippen LogP contribution in [0, 0.1) is 17.0 Å². The summed E-state index contributed by atoms with van der Waals surface area (Å²) < 4.78 is 37.6. The number of nitrogens with zero attached hydrogens (tertiary/aromatic N) is 2. The topological polar surface area (TPSA) is 116 Å². The molecular weight excluding hydrogens is 400 g/mol. The number of sulfonamides is 1. The van der Waals surface area contributed by atoms with Crippen LogP contribution in [0.3, 0.4) is 0 Å². The van der Waals surface area contributed by atoms with E-state index in [0.29, 0.717) is 17.9 Å². The number of anilines is 1. The largest absolute Gasteiger partial charge is 0.494 e. The van der Waals surface area contributed by atoms with E-state index in [0.717, 1.165) is 10.4 Å². The van der Waals surface area contributed by atoms with E-state index in [4.69, 9.17) is 9.47 Å². The van der Waals surface area contributed by atoms with E-state index in [1.165, 1.54) is 36.4 Å². The molecule has 0 saturated heterocycles. The van der Waals surface area contributed by atoms with E-state index in [9.17, 15) is 23.3 Å². The van der Waals surface area contributed by atoms with Crippen LogP contribution in [0.25, 0.3) is 0 Å². The maximum absolute atomic E-state index is 13.3. The number of nitro benzene ring substituents is 1. The second-order valence-corrected chi connectivity index (χ2v) is 7.81. The van der Waals surface area contributed by atoms with E-state index >= 15 is 0 Å². The van der Waals surface area contributed by atoms with Gasteiger partial charge in [0.25, 0.3) is 15.7 Å². The quantitative estimate of drug-likeness (QED) is 0.346. The van der Waals surface area contributed by atoms with E-state index in [2.05, 4.69) is 0 Å². The molecule has 0 heterocycles. The normalized spacial score (nSPS) is 11.0. The monoisotopic (exact) mass is 422 g/mol. The predicted octanol–water partition coefficient (Wildman–Crippen LogP) is 3.06. The van der Waals surface area contributed by atoms with E-state index in [1.54, 1.807) is 20.8 Å². The molecule has 29 heavy (non-hydrogen) atoms. The lowest BCUT2D eigenvalue weighted by Gasteiger charge is -2.25. The van der Waals surface area contributed by atoms with Gasteiger partial charge in [0.1, 0.15) is 12.3 Å². The number of ether oxygens (including phenoxy) is 2. The molecule has 0 aromatic heterocycles. The van der Waals surface area contributed by atoms with Crippen molar-refractivity contribution >= 4 is 27.4 Å². The number of aryl methyl sites for hydroxylation is 1. The van der Waals surface area contributed by atoms with Crippen LogP contribution in [0.1, 0.15) is 19.4 Å². The fourth-order valence-corrected chi connectivity index (χ4v) is 4.07. The lowest BCUT2D eigenvalue weighted by molar-refractivity contribution is -0.384. The van der Waals surface area contributed by atoms with E-state index in [1.807, 2.05) is 0 Å². The van der Waals surface area contributed by atoms with Gasteiger partial charge < -0.3 is 9.47 Å². The Labute approximate surface area is 169 Å². The zero-order valence-corrected chi connectivity index (χ0v) is 17.1. The fourth-order valence-electron chi connectivity index (χ4n) is 2.61. The highest BCUT2D eigenvalue weighted by Gasteiger charge is 2.30. The minimum absolute atomic E-state index is 0.0288. The molecule has 9 nitrogen and oxygen atoms in total. The van der Waals surface area contributed by atoms with Crippen LogP contribution in [0.15, 0.2) is 47.4 Å². The van der Waals surface area contributed by atoms with E-state index < -0.39 is 27.5 Å². The number of carbonyl (C=O) groups excluding carboxylic acids is 1. The lowest BCUT2D eigenvalue weighted by atomic mass is 10.2. The van der Waals surface area contributed by atoms with Crippen molar-refractivity contribution in [2.45, 2.75) is 25.7 Å². The molecule has 0 atom stereocenters. The number of esters is 1. The summed E-state index contributed by atoms with van der Waals surface area (Å²) >= 11 is 0. The van der Waals surface area contributed by atoms with Crippen LogP contribution in [0.5, 0.6) is 5.75 Å². The van der Waals surface area contributed by atoms with Crippen LogP contribution in [-0.2, 0) is 19.6 Å². The van der Waals surface area contributed by atoms with Crippen LogP contribution in [0.2, 0.25) is 0 Å². The van der Waals surface area contributed by atoms with Crippen molar-refractivity contribution in [2.75, 3.05) is 24.1 Å². The molecule has 0 spiro atoms. The Bertz CT molecular complexity index is 988. The van der Waals surface area contributed by atoms with Crippen molar-refractivity contribution in [3.63, 3.8) is 0 Å². The highest BCUT2D eigenvalue weighted by Crippen LogP contribution is 2.31. The Balaban J connectivity index is 2.56. The van der Waals surface area contributed by atoms with Gasteiger partial charge in [-0.1, -0.05) is 6.07 Å². The second kappa shape index (κ2) is 9.37. The zero-order chi connectivity index (χ0) is 21.6. The third kappa shape index (κ3) is 5.23. The molecule has 2 aromatic rings. The molecule has 0 radical (unpaired) electrons. The molecule has 0 aliphatic heterocycles. The van der Waals surface area contributed by atoms with Crippen molar-refractivity contribution in [1.29, 1.82) is 0 Å². The molecule has 156 valence electrons. The van der Waals surface area contributed by atoms with Gasteiger partial charge in [0.15, 0.2) is 0 Å². The Kier molecular flexibility index (Phi) is 7.16. The van der Waals surface area contributed by atoms with Gasteiger partial charge in [0.05, 0.1) is 28.7 Å². The SMILES string of the molecule is CCOC(=O)CN(c1cc([N+](=O)[O-])ccc1C)S(=O)(=O)c1ccc(OCC)cc1. The first kappa shape index (κ1) is 22.2. The maximum Gasteiger partial charge on any atom is 0.326 e. The summed E-state index contributed by atoms with van der Waals surface area (Å²) in [7, 11) is -4.21. The van der Waals surface area contributed by atoms with Gasteiger partial charge in [0, 0.05) is 12.1 Å². The van der Waals surface area contributed by atoms with Gasteiger partial charge in [0.2, 0.25) is 0 Å². The van der Waals surface area contributed by atoms with Gasteiger partial charge in [-0.3, -0.25) is 19.2 Å². The third-order valence-corrected chi connectivity index (χ3v) is 5.75. The maximum atomic E-state index is 13.3. The number of nitro groups is 1. The number of hydrogen-bond donors (Lipinski definition) is 0. The van der Waals surface area contributed by atoms with Gasteiger partial charge in [-0.15, -0.1) is 0 Å². The molecule has 2 aromatic carbocycles. The molecule has 0 bridgehead atoms. The van der Waals surface area contributed by atoms with Crippen molar-refractivity contribution in [1.82, 2.24) is 0 Å². The van der Waals surface area contributed by atoms with Gasteiger partial charge in [-0.25, -0.2) is 8.42 Å². The number of rotatable bonds is 9. The molecular formula is C19H22N2O7S. The summed E-state index contributed by atoms with van der Waals surface area (Å²) in [4.78, 5) is 22.5. The van der Waals surface area contributed by atoms with Crippen molar-refractivity contribution in [3.05, 3.63) is 58.1 Å². The summed E-state index contributed by atoms with van der Waals surface area (Å²) in [5.41, 5.74) is 0.192. The van der Waals surface area contributed by atoms with Crippen LogP contribution in [0.4, 0.5) is 11.4 Å². The number of hydrogen-bond acceptors (Lipinski definition) is 7. The summed E-state index contributed by atoms with van der Waals surface area (Å²) in [5.74, 6) is -0.275. The molecule has 0 aliphatic rings. The first-order valence-corrected chi connectivity index (χ1v) is 10.3. The molecule has 0 unspecified atom stereocenters. The van der Waals surface area contributed by atoms with Gasteiger partial charge in [-0.05, 0) is 50.6 Å². The van der Waals surface area contributed by atoms with Gasteiger partial charge >= 0.3 is 5.97 Å². The molecule has 0 saturated carbocycles. The van der Waals surface area contributed by atoms with Crippen molar-refractivity contribution in [3.8, 4) is 5.75 Å². The number of benzene rings is 2. The number of non-ortho nitro benzene ring substituents is 1. The third-order valence-electron chi connectivity index (χ3n) is 3.97. The van der Waals surface area contributed by atoms with Crippen LogP contribution in [-0.4, -0.2) is 39.1 Å². The van der Waals surface area contributed by atoms with Crippen LogP contribution < -0.4 is 9.04 Å². The first-order chi connectivity index (χ1) is 13.7. The minimum Gasteiger partial charge on any atom is -0.494 e. The standard InChI is InChI=1S/C19H22N2O7S/c1-4-27-16-8-10-17(11-9-16)29(25,26)20(13-19(22)28-5-2)18-12-15(21(23)24)7-6-14(18)3/h6-12H,4-5,13H2,1-3H3. The average Bonchev–Trinajstić information content (AvgIpc) is 2.67. The molecule has 0 N–H and O–H groups in total. The highest BCUT2D eigenvalue weighted by atomic mass is 32.2. The average molecular weight is 422 g/mol. The molecule has 0 fully saturated rings. The molecule has 0 aliphatic carbocycles. The summed E-state index contributed by atoms with van der Waals surface area (Å²) in [5, 5.41) is 11.2. The Morgan fingerprint density at radius 3 is 2.31 bits per heavy atom. The number of carbonyl (C=O) groups is 1. The van der Waals surface area contributed by atoms with Gasteiger partial charge in [-0.2, -0.15) is 0 Å². The summed E-state index contributed by atoms with van der Waals surface area (Å²) in [6.45, 7) is 4.88. The first-order valence-electron chi connectivity index (χ1n) is 8.87. The van der Waals surface area contributed by atoms with Crippen LogP contribution >= 0.6 is 0 Å². The highest BCUT2D eigenvalue weighted by molar-refractivity contribution is 7.92. The fraction of sp³-hybridized carbons (Fsp3) is 0.316. The summed E-state index contributed by atoms with van der Waals surface area (Å²) in [6.07, 6.45) is 0. The Morgan fingerprint density at radius 2 is 1.76 bits per heavy atom. The van der Waals surface area contributed by atoms with Crippen molar-refractivity contribution < 1.29 is 27.6 Å².